The molecule has 1 saturated carbocycles. The normalized spacial score (nSPS) is 19.3. The molecule has 3 unspecified atom stereocenters. The fourth-order valence-electron chi connectivity index (χ4n) is 5.66. The number of pyridine rings is 1. The van der Waals surface area contributed by atoms with Crippen LogP contribution in [0.4, 0.5) is 17.6 Å². The van der Waals surface area contributed by atoms with E-state index in [-0.39, 0.29) is 17.8 Å². The number of hydrogen-bond acceptors (Lipinski definition) is 9. The second kappa shape index (κ2) is 16.6. The van der Waals surface area contributed by atoms with Crippen LogP contribution in [-0.4, -0.2) is 50.8 Å². The van der Waals surface area contributed by atoms with Gasteiger partial charge in [-0.25, -0.2) is 15.0 Å². The van der Waals surface area contributed by atoms with E-state index in [9.17, 15) is 0 Å². The van der Waals surface area contributed by atoms with Crippen LogP contribution in [0.15, 0.2) is 64.9 Å². The molecule has 1 aliphatic rings. The van der Waals surface area contributed by atoms with Crippen molar-refractivity contribution in [3.8, 4) is 0 Å². The van der Waals surface area contributed by atoms with E-state index in [1.165, 1.54) is 5.57 Å². The molecule has 0 radical (unpaired) electrons. The molecule has 234 valence electrons. The molecule has 3 N–H and O–H groups in total. The molecule has 1 aliphatic carbocycles. The first kappa shape index (κ1) is 32.8. The maximum atomic E-state index is 5.19. The van der Waals surface area contributed by atoms with Gasteiger partial charge in [0, 0.05) is 79.7 Å². The smallest absolute Gasteiger partial charge is 0.224 e. The quantitative estimate of drug-likeness (QED) is 0.145. The molecule has 3 aromatic rings. The zero-order valence-electron chi connectivity index (χ0n) is 27.3. The van der Waals surface area contributed by atoms with E-state index < -0.39 is 0 Å². The van der Waals surface area contributed by atoms with Gasteiger partial charge in [-0.1, -0.05) is 39.8 Å². The molecule has 1 fully saturated rings. The highest BCUT2D eigenvalue weighted by Crippen LogP contribution is 2.62. The first-order chi connectivity index (χ1) is 21.5. The van der Waals surface area contributed by atoms with E-state index >= 15 is 0 Å². The summed E-state index contributed by atoms with van der Waals surface area (Å²) in [4.78, 5) is 29.7. The summed E-state index contributed by atoms with van der Waals surface area (Å²) in [6.07, 6.45) is 12.5. The van der Waals surface area contributed by atoms with E-state index in [1.807, 2.05) is 37.6 Å². The third-order valence-electron chi connectivity index (χ3n) is 7.68. The highest BCUT2D eigenvalue weighted by molar-refractivity contribution is 5.72. The van der Waals surface area contributed by atoms with Crippen LogP contribution in [-0.2, 0) is 6.42 Å². The molecule has 0 spiro atoms. The van der Waals surface area contributed by atoms with Crippen molar-refractivity contribution in [3.63, 3.8) is 0 Å². The Hall–Kier alpha value is -4.14. The van der Waals surface area contributed by atoms with Gasteiger partial charge in [0.05, 0.1) is 11.4 Å². The zero-order valence-corrected chi connectivity index (χ0v) is 27.3. The number of aryl methyl sites for hydroxylation is 1. The molecular formula is C35H49N9. The lowest BCUT2D eigenvalue weighted by atomic mass is 9.56. The number of nitrogens with one attached hydrogen (secondary N) is 3. The first-order valence-corrected chi connectivity index (χ1v) is 16.3. The summed E-state index contributed by atoms with van der Waals surface area (Å²) in [6.45, 7) is 15.2. The molecule has 0 saturated heterocycles. The van der Waals surface area contributed by atoms with Crippen LogP contribution >= 0.6 is 0 Å². The summed E-state index contributed by atoms with van der Waals surface area (Å²) < 4.78 is 0. The topological polar surface area (TPSA) is 113 Å². The molecule has 0 amide bonds. The van der Waals surface area contributed by atoms with Crippen LogP contribution in [0, 0.1) is 0 Å². The monoisotopic (exact) mass is 595 g/mol. The predicted molar refractivity (Wildman–Crippen MR) is 183 cm³/mol. The molecule has 9 nitrogen and oxygen atoms in total. The number of hydrogen-bond donors (Lipinski definition) is 3. The molecule has 3 heterocycles. The Kier molecular flexibility index (Phi) is 12.4. The maximum Gasteiger partial charge on any atom is 0.224 e. The van der Waals surface area contributed by atoms with Crippen LogP contribution < -0.4 is 16.0 Å². The third-order valence-corrected chi connectivity index (χ3v) is 7.68. The predicted octanol–water partition coefficient (Wildman–Crippen LogP) is 7.67. The number of anilines is 3. The van der Waals surface area contributed by atoms with Crippen molar-refractivity contribution in [2.75, 3.05) is 35.6 Å². The van der Waals surface area contributed by atoms with Gasteiger partial charge in [-0.2, -0.15) is 4.98 Å². The highest BCUT2D eigenvalue weighted by atomic mass is 15.1. The Balaban J connectivity index is 1.96. The lowest BCUT2D eigenvalue weighted by Crippen LogP contribution is -2.37. The highest BCUT2D eigenvalue weighted by Gasteiger charge is 2.52. The van der Waals surface area contributed by atoms with Crippen molar-refractivity contribution < 1.29 is 0 Å². The fourth-order valence-corrected chi connectivity index (χ4v) is 5.66. The van der Waals surface area contributed by atoms with Crippen molar-refractivity contribution in [1.82, 2.24) is 24.9 Å². The number of rotatable bonds is 16. The van der Waals surface area contributed by atoms with Crippen molar-refractivity contribution in [1.29, 1.82) is 0 Å². The number of nitrogens with zero attached hydrogens (tertiary/aromatic N) is 6. The van der Waals surface area contributed by atoms with Crippen molar-refractivity contribution in [2.24, 2.45) is 4.99 Å². The summed E-state index contributed by atoms with van der Waals surface area (Å²) in [5.74, 6) is 3.10. The van der Waals surface area contributed by atoms with Gasteiger partial charge in [0.2, 0.25) is 5.95 Å². The van der Waals surface area contributed by atoms with Crippen molar-refractivity contribution in [2.45, 2.75) is 91.4 Å². The summed E-state index contributed by atoms with van der Waals surface area (Å²) in [7, 11) is 0. The van der Waals surface area contributed by atoms with Gasteiger partial charge in [0.1, 0.15) is 17.5 Å². The lowest BCUT2D eigenvalue weighted by Gasteiger charge is -2.47. The number of aromatic nitrogens is 5. The molecule has 3 atom stereocenters. The summed E-state index contributed by atoms with van der Waals surface area (Å²) in [6, 6.07) is 10.4. The second-order valence-electron chi connectivity index (χ2n) is 11.2. The molecular weight excluding hydrogens is 546 g/mol. The average molecular weight is 596 g/mol. The van der Waals surface area contributed by atoms with E-state index in [1.54, 1.807) is 0 Å². The molecule has 0 bridgehead atoms. The largest absolute Gasteiger partial charge is 0.370 e. The Morgan fingerprint density at radius 1 is 0.795 bits per heavy atom. The lowest BCUT2D eigenvalue weighted by molar-refractivity contribution is 0.376. The van der Waals surface area contributed by atoms with E-state index in [2.05, 4.69) is 74.8 Å². The van der Waals surface area contributed by atoms with E-state index in [0.29, 0.717) is 5.95 Å². The number of aliphatic imine (C=N–C) groups is 1. The SMILES string of the molecule is C\C=C/C=N\C(C)=C1/C(c2ccccn2)C(c2cc(NCCC)nc(CCC)n2)C1c1cc(NCCC)nc(NCCC)n1. The Morgan fingerprint density at radius 3 is 2.14 bits per heavy atom. The summed E-state index contributed by atoms with van der Waals surface area (Å²) in [5.41, 5.74) is 5.13. The van der Waals surface area contributed by atoms with Crippen LogP contribution in [0.2, 0.25) is 0 Å². The van der Waals surface area contributed by atoms with Gasteiger partial charge >= 0.3 is 0 Å². The van der Waals surface area contributed by atoms with Gasteiger partial charge in [-0.15, -0.1) is 0 Å². The minimum atomic E-state index is -0.0690. The van der Waals surface area contributed by atoms with Crippen LogP contribution in [0.25, 0.3) is 0 Å². The summed E-state index contributed by atoms with van der Waals surface area (Å²) in [5, 5.41) is 10.5. The summed E-state index contributed by atoms with van der Waals surface area (Å²) >= 11 is 0. The Bertz CT molecular complexity index is 1410. The van der Waals surface area contributed by atoms with Gasteiger partial charge in [-0.3, -0.25) is 9.98 Å². The molecule has 9 heteroatoms. The van der Waals surface area contributed by atoms with Crippen LogP contribution in [0.1, 0.15) is 108 Å². The minimum absolute atomic E-state index is 0.0126. The molecule has 0 aromatic carbocycles. The minimum Gasteiger partial charge on any atom is -0.370 e. The zero-order chi connectivity index (χ0) is 31.3. The molecule has 3 aromatic heterocycles. The second-order valence-corrected chi connectivity index (χ2v) is 11.2. The van der Waals surface area contributed by atoms with Gasteiger partial charge in [0.15, 0.2) is 0 Å². The van der Waals surface area contributed by atoms with Crippen molar-refractivity contribution in [3.05, 3.63) is 82.9 Å². The van der Waals surface area contributed by atoms with Gasteiger partial charge in [-0.05, 0) is 63.3 Å². The van der Waals surface area contributed by atoms with Gasteiger partial charge in [0.25, 0.3) is 0 Å². The fraction of sp³-hybridized carbons (Fsp3) is 0.486. The van der Waals surface area contributed by atoms with Gasteiger partial charge < -0.3 is 16.0 Å². The van der Waals surface area contributed by atoms with Crippen molar-refractivity contribution >= 4 is 23.8 Å². The number of allylic oxidation sites excluding steroid dienone is 4. The van der Waals surface area contributed by atoms with Crippen LogP contribution in [0.5, 0.6) is 0 Å². The molecule has 44 heavy (non-hydrogen) atoms. The van der Waals surface area contributed by atoms with Crippen LogP contribution in [0.3, 0.4) is 0 Å². The maximum absolute atomic E-state index is 5.19. The van der Waals surface area contributed by atoms with E-state index in [4.69, 9.17) is 29.9 Å². The van der Waals surface area contributed by atoms with E-state index in [0.717, 1.165) is 92.0 Å². The standard InChI is InChI=1S/C35H49N9/c1-7-12-20-36-24(6)31-32(25-16-13-14-21-37-25)34(26-22-29(38-17-9-3)43-28(41-26)15-8-2)33(31)27-23-30(39-18-10-4)44-35(42-27)40-19-11-5/h7,12-14,16,20-23,32-34H,8-11,15,17-19H2,1-6H3,(H,38,41,43)(H2,39,40,42,44)/b12-7-,31-24+,36-20-. The third kappa shape index (κ3) is 8.07. The molecule has 4 rings (SSSR count). The first-order valence-electron chi connectivity index (χ1n) is 16.3. The Morgan fingerprint density at radius 2 is 1.48 bits per heavy atom. The Labute approximate surface area is 263 Å². The average Bonchev–Trinajstić information content (AvgIpc) is 3.02. The molecule has 0 aliphatic heterocycles.